The van der Waals surface area contributed by atoms with E-state index in [9.17, 15) is 9.59 Å². The summed E-state index contributed by atoms with van der Waals surface area (Å²) in [7, 11) is 0. The predicted octanol–water partition coefficient (Wildman–Crippen LogP) is 2.43. The van der Waals surface area contributed by atoms with Gasteiger partial charge in [-0.25, -0.2) is 0 Å². The molecule has 2 atom stereocenters. The van der Waals surface area contributed by atoms with Crippen molar-refractivity contribution >= 4 is 23.6 Å². The van der Waals surface area contributed by atoms with Crippen LogP contribution in [-0.4, -0.2) is 78.1 Å². The second-order valence-electron chi connectivity index (χ2n) is 8.00. The molecule has 2 unspecified atom stereocenters. The first kappa shape index (κ1) is 20.2. The molecule has 1 aromatic carbocycles. The van der Waals surface area contributed by atoms with Gasteiger partial charge in [0.2, 0.25) is 11.8 Å². The summed E-state index contributed by atoms with van der Waals surface area (Å²) in [4.78, 5) is 32.4. The average molecular weight is 390 g/mol. The van der Waals surface area contributed by atoms with Crippen molar-refractivity contribution in [2.45, 2.75) is 25.2 Å². The molecule has 2 fully saturated rings. The second-order valence-corrected chi connectivity index (χ2v) is 9.05. The minimum atomic E-state index is 0.188. The number of likely N-dealkylation sites (tertiary alicyclic amines) is 1. The van der Waals surface area contributed by atoms with E-state index in [1.165, 1.54) is 6.42 Å². The Morgan fingerprint density at radius 3 is 2.19 bits per heavy atom. The van der Waals surface area contributed by atoms with Crippen LogP contribution in [0.25, 0.3) is 0 Å². The molecule has 2 saturated heterocycles. The molecule has 0 spiro atoms. The van der Waals surface area contributed by atoms with Gasteiger partial charge in [-0.3, -0.25) is 14.5 Å². The zero-order valence-electron chi connectivity index (χ0n) is 16.5. The number of piperazine rings is 1. The minimum Gasteiger partial charge on any atom is -0.341 e. The molecule has 0 aromatic heterocycles. The molecular formula is C21H31N3O2S. The number of amides is 2. The van der Waals surface area contributed by atoms with Crippen LogP contribution in [0.15, 0.2) is 35.2 Å². The lowest BCUT2D eigenvalue weighted by atomic mass is 9.92. The fraction of sp³-hybridized carbons (Fsp3) is 0.619. The Balaban J connectivity index is 1.39. The summed E-state index contributed by atoms with van der Waals surface area (Å²) in [5, 5.41) is 0. The lowest BCUT2D eigenvalue weighted by Crippen LogP contribution is -2.53. The molecule has 148 valence electrons. The van der Waals surface area contributed by atoms with Crippen molar-refractivity contribution < 1.29 is 9.59 Å². The number of piperidine rings is 1. The quantitative estimate of drug-likeness (QED) is 0.726. The standard InChI is InChI=1S/C21H31N3O2S/c1-17-12-18(2)14-24(13-17)20(25)15-22-8-10-23(11-9-22)21(26)16-27-19-6-4-3-5-7-19/h3-7,17-18H,8-16H2,1-2H3. The zero-order valence-corrected chi connectivity index (χ0v) is 17.3. The summed E-state index contributed by atoms with van der Waals surface area (Å²) in [6.07, 6.45) is 1.21. The highest BCUT2D eigenvalue weighted by atomic mass is 32.2. The van der Waals surface area contributed by atoms with Crippen LogP contribution < -0.4 is 0 Å². The van der Waals surface area contributed by atoms with E-state index in [0.29, 0.717) is 37.2 Å². The molecule has 1 aromatic rings. The van der Waals surface area contributed by atoms with E-state index >= 15 is 0 Å². The number of carbonyl (C=O) groups is 2. The van der Waals surface area contributed by atoms with E-state index in [1.54, 1.807) is 11.8 Å². The fourth-order valence-corrected chi connectivity index (χ4v) is 4.89. The molecule has 2 aliphatic heterocycles. The second kappa shape index (κ2) is 9.60. The van der Waals surface area contributed by atoms with Crippen molar-refractivity contribution in [2.24, 2.45) is 11.8 Å². The summed E-state index contributed by atoms with van der Waals surface area (Å²) in [6, 6.07) is 10.0. The molecule has 0 radical (unpaired) electrons. The van der Waals surface area contributed by atoms with Crippen LogP contribution in [0, 0.1) is 11.8 Å². The first-order valence-corrected chi connectivity index (χ1v) is 11.0. The fourth-order valence-electron chi connectivity index (χ4n) is 4.07. The highest BCUT2D eigenvalue weighted by Gasteiger charge is 2.28. The Morgan fingerprint density at radius 1 is 0.926 bits per heavy atom. The van der Waals surface area contributed by atoms with Crippen molar-refractivity contribution in [1.29, 1.82) is 0 Å². The Kier molecular flexibility index (Phi) is 7.19. The smallest absolute Gasteiger partial charge is 0.236 e. The first-order valence-electron chi connectivity index (χ1n) is 9.97. The molecule has 0 aliphatic carbocycles. The largest absolute Gasteiger partial charge is 0.341 e. The normalized spacial score (nSPS) is 24.1. The lowest BCUT2D eigenvalue weighted by molar-refractivity contribution is -0.136. The van der Waals surface area contributed by atoms with Gasteiger partial charge in [-0.1, -0.05) is 32.0 Å². The van der Waals surface area contributed by atoms with Crippen LogP contribution in [0.5, 0.6) is 0 Å². The van der Waals surface area contributed by atoms with Crippen LogP contribution in [0.4, 0.5) is 0 Å². The molecule has 0 saturated carbocycles. The number of carbonyl (C=O) groups excluding carboxylic acids is 2. The van der Waals surface area contributed by atoms with Gasteiger partial charge in [0.05, 0.1) is 12.3 Å². The van der Waals surface area contributed by atoms with E-state index in [4.69, 9.17) is 0 Å². The molecular weight excluding hydrogens is 358 g/mol. The average Bonchev–Trinajstić information content (AvgIpc) is 2.66. The Hall–Kier alpha value is -1.53. The first-order chi connectivity index (χ1) is 13.0. The maximum atomic E-state index is 12.6. The van der Waals surface area contributed by atoms with Gasteiger partial charge in [0, 0.05) is 44.2 Å². The lowest BCUT2D eigenvalue weighted by Gasteiger charge is -2.38. The van der Waals surface area contributed by atoms with Crippen molar-refractivity contribution in [3.05, 3.63) is 30.3 Å². The Morgan fingerprint density at radius 2 is 1.56 bits per heavy atom. The molecule has 27 heavy (non-hydrogen) atoms. The van der Waals surface area contributed by atoms with Crippen LogP contribution >= 0.6 is 11.8 Å². The number of rotatable bonds is 5. The van der Waals surface area contributed by atoms with Crippen molar-refractivity contribution in [3.8, 4) is 0 Å². The topological polar surface area (TPSA) is 43.9 Å². The van der Waals surface area contributed by atoms with Gasteiger partial charge in [0.25, 0.3) is 0 Å². The SMILES string of the molecule is CC1CC(C)CN(C(=O)CN2CCN(C(=O)CSc3ccccc3)CC2)C1. The maximum absolute atomic E-state index is 12.6. The monoisotopic (exact) mass is 389 g/mol. The zero-order chi connectivity index (χ0) is 19.2. The molecule has 5 nitrogen and oxygen atoms in total. The van der Waals surface area contributed by atoms with Crippen molar-refractivity contribution in [3.63, 3.8) is 0 Å². The number of nitrogens with zero attached hydrogens (tertiary/aromatic N) is 3. The number of thioether (sulfide) groups is 1. The molecule has 3 rings (SSSR count). The molecule has 2 amide bonds. The minimum absolute atomic E-state index is 0.188. The van der Waals surface area contributed by atoms with Crippen molar-refractivity contribution in [1.82, 2.24) is 14.7 Å². The molecule has 0 N–H and O–H groups in total. The Labute approximate surface area is 167 Å². The van der Waals surface area contributed by atoms with Crippen LogP contribution in [0.3, 0.4) is 0 Å². The van der Waals surface area contributed by atoms with Crippen molar-refractivity contribution in [2.75, 3.05) is 51.6 Å². The van der Waals surface area contributed by atoms with E-state index in [-0.39, 0.29) is 11.8 Å². The molecule has 2 aliphatic rings. The number of hydrogen-bond acceptors (Lipinski definition) is 4. The predicted molar refractivity (Wildman–Crippen MR) is 110 cm³/mol. The molecule has 6 heteroatoms. The van der Waals surface area contributed by atoms with Gasteiger partial charge >= 0.3 is 0 Å². The summed E-state index contributed by atoms with van der Waals surface area (Å²) < 4.78 is 0. The highest BCUT2D eigenvalue weighted by Crippen LogP contribution is 2.21. The molecule has 0 bridgehead atoms. The number of hydrogen-bond donors (Lipinski definition) is 0. The summed E-state index contributed by atoms with van der Waals surface area (Å²) in [6.45, 7) is 9.72. The van der Waals surface area contributed by atoms with Crippen LogP contribution in [0.2, 0.25) is 0 Å². The third kappa shape index (κ3) is 5.98. The third-order valence-electron chi connectivity index (χ3n) is 5.41. The van der Waals surface area contributed by atoms with Gasteiger partial charge < -0.3 is 9.80 Å². The summed E-state index contributed by atoms with van der Waals surface area (Å²) in [5.41, 5.74) is 0. The van der Waals surface area contributed by atoms with Gasteiger partial charge in [-0.15, -0.1) is 11.8 Å². The van der Waals surface area contributed by atoms with Gasteiger partial charge in [0.1, 0.15) is 0 Å². The van der Waals surface area contributed by atoms with E-state index in [1.807, 2.05) is 40.1 Å². The van der Waals surface area contributed by atoms with Crippen LogP contribution in [0.1, 0.15) is 20.3 Å². The maximum Gasteiger partial charge on any atom is 0.236 e. The Bertz CT molecular complexity index is 622. The van der Waals surface area contributed by atoms with E-state index < -0.39 is 0 Å². The highest BCUT2D eigenvalue weighted by molar-refractivity contribution is 8.00. The van der Waals surface area contributed by atoms with E-state index in [2.05, 4.69) is 18.7 Å². The molecule has 2 heterocycles. The summed E-state index contributed by atoms with van der Waals surface area (Å²) >= 11 is 1.59. The third-order valence-corrected chi connectivity index (χ3v) is 6.41. The summed E-state index contributed by atoms with van der Waals surface area (Å²) in [5.74, 6) is 2.09. The van der Waals surface area contributed by atoms with Crippen LogP contribution in [-0.2, 0) is 9.59 Å². The van der Waals surface area contributed by atoms with Gasteiger partial charge in [-0.05, 0) is 30.4 Å². The number of benzene rings is 1. The van der Waals surface area contributed by atoms with Gasteiger partial charge in [-0.2, -0.15) is 0 Å². The van der Waals surface area contributed by atoms with Gasteiger partial charge in [0.15, 0.2) is 0 Å². The van der Waals surface area contributed by atoms with E-state index in [0.717, 1.165) is 31.1 Å².